The number of rotatable bonds is 3. The number of esters is 1. The topological polar surface area (TPSA) is 63.6 Å². The van der Waals surface area contributed by atoms with Crippen molar-refractivity contribution in [2.24, 2.45) is 5.41 Å². The molecule has 0 fully saturated rings. The Morgan fingerprint density at radius 1 is 1.22 bits per heavy atom. The SMILES string of the molecule is CC(C)(C)COC(=O)c1cc(Br)cc(C(=O)O)c1. The highest BCUT2D eigenvalue weighted by Gasteiger charge is 2.17. The van der Waals surface area contributed by atoms with Crippen molar-refractivity contribution in [3.8, 4) is 0 Å². The number of hydrogen-bond donors (Lipinski definition) is 1. The zero-order chi connectivity index (χ0) is 13.9. The Morgan fingerprint density at radius 2 is 1.78 bits per heavy atom. The molecule has 5 heteroatoms. The average molecular weight is 315 g/mol. The number of hydrogen-bond acceptors (Lipinski definition) is 3. The molecule has 0 saturated heterocycles. The lowest BCUT2D eigenvalue weighted by Gasteiger charge is -2.17. The van der Waals surface area contributed by atoms with Crippen molar-refractivity contribution in [2.75, 3.05) is 6.61 Å². The van der Waals surface area contributed by atoms with Crippen molar-refractivity contribution in [1.29, 1.82) is 0 Å². The summed E-state index contributed by atoms with van der Waals surface area (Å²) >= 11 is 3.17. The van der Waals surface area contributed by atoms with Gasteiger partial charge in [0.15, 0.2) is 0 Å². The first-order chi connectivity index (χ1) is 8.19. The largest absolute Gasteiger partial charge is 0.478 e. The predicted octanol–water partition coefficient (Wildman–Crippen LogP) is 3.35. The minimum absolute atomic E-state index is 0.0482. The van der Waals surface area contributed by atoms with Crippen molar-refractivity contribution in [3.63, 3.8) is 0 Å². The van der Waals surface area contributed by atoms with Gasteiger partial charge in [-0.25, -0.2) is 9.59 Å². The maximum absolute atomic E-state index is 11.8. The van der Waals surface area contributed by atoms with Gasteiger partial charge in [-0.2, -0.15) is 0 Å². The van der Waals surface area contributed by atoms with Gasteiger partial charge in [-0.05, 0) is 23.6 Å². The standard InChI is InChI=1S/C13H15BrO4/c1-13(2,3)7-18-12(17)9-4-8(11(15)16)5-10(14)6-9/h4-6H,7H2,1-3H3,(H,15,16). The van der Waals surface area contributed by atoms with Gasteiger partial charge in [0.1, 0.15) is 0 Å². The van der Waals surface area contributed by atoms with Gasteiger partial charge >= 0.3 is 11.9 Å². The summed E-state index contributed by atoms with van der Waals surface area (Å²) in [5.41, 5.74) is 0.148. The fourth-order valence-corrected chi connectivity index (χ4v) is 1.69. The summed E-state index contributed by atoms with van der Waals surface area (Å²) in [5, 5.41) is 8.90. The highest BCUT2D eigenvalue weighted by atomic mass is 79.9. The third-order valence-electron chi connectivity index (χ3n) is 2.02. The number of aromatic carboxylic acids is 1. The lowest BCUT2D eigenvalue weighted by molar-refractivity contribution is 0.0367. The molecule has 0 spiro atoms. The highest BCUT2D eigenvalue weighted by molar-refractivity contribution is 9.10. The first-order valence-corrected chi connectivity index (χ1v) is 6.19. The van der Waals surface area contributed by atoms with E-state index in [1.165, 1.54) is 18.2 Å². The fourth-order valence-electron chi connectivity index (χ4n) is 1.20. The number of benzene rings is 1. The summed E-state index contributed by atoms with van der Waals surface area (Å²) < 4.78 is 5.66. The van der Waals surface area contributed by atoms with Crippen molar-refractivity contribution in [2.45, 2.75) is 20.8 Å². The van der Waals surface area contributed by atoms with Gasteiger partial charge in [0.05, 0.1) is 17.7 Å². The molecule has 0 heterocycles. The molecule has 1 rings (SSSR count). The molecular weight excluding hydrogens is 300 g/mol. The van der Waals surface area contributed by atoms with Crippen LogP contribution in [0.15, 0.2) is 22.7 Å². The smallest absolute Gasteiger partial charge is 0.338 e. The first kappa shape index (κ1) is 14.7. The maximum atomic E-state index is 11.8. The number of carbonyl (C=O) groups excluding carboxylic acids is 1. The Morgan fingerprint density at radius 3 is 2.28 bits per heavy atom. The van der Waals surface area contributed by atoms with Crippen LogP contribution in [-0.4, -0.2) is 23.7 Å². The zero-order valence-electron chi connectivity index (χ0n) is 10.5. The Hall–Kier alpha value is -1.36. The average Bonchev–Trinajstić information content (AvgIpc) is 2.23. The van der Waals surface area contributed by atoms with Gasteiger partial charge in [-0.15, -0.1) is 0 Å². The van der Waals surface area contributed by atoms with Crippen LogP contribution in [0, 0.1) is 5.41 Å². The molecule has 0 saturated carbocycles. The monoisotopic (exact) mass is 314 g/mol. The minimum Gasteiger partial charge on any atom is -0.478 e. The van der Waals surface area contributed by atoms with Crippen LogP contribution in [0.4, 0.5) is 0 Å². The Balaban J connectivity index is 2.89. The second-order valence-electron chi connectivity index (χ2n) is 5.17. The molecule has 18 heavy (non-hydrogen) atoms. The number of halogens is 1. The Labute approximate surface area is 114 Å². The quantitative estimate of drug-likeness (QED) is 0.869. The van der Waals surface area contributed by atoms with E-state index in [1.807, 2.05) is 20.8 Å². The van der Waals surface area contributed by atoms with Crippen LogP contribution >= 0.6 is 15.9 Å². The van der Waals surface area contributed by atoms with Crippen LogP contribution in [0.25, 0.3) is 0 Å². The molecular formula is C13H15BrO4. The number of carbonyl (C=O) groups is 2. The molecule has 0 aromatic heterocycles. The second kappa shape index (κ2) is 5.52. The molecule has 0 aliphatic rings. The molecule has 0 aliphatic heterocycles. The van der Waals surface area contributed by atoms with E-state index < -0.39 is 11.9 Å². The first-order valence-electron chi connectivity index (χ1n) is 5.40. The van der Waals surface area contributed by atoms with Crippen LogP contribution in [0.5, 0.6) is 0 Å². The lowest BCUT2D eigenvalue weighted by atomic mass is 9.99. The highest BCUT2D eigenvalue weighted by Crippen LogP contribution is 2.19. The molecule has 1 aromatic carbocycles. The molecule has 0 amide bonds. The summed E-state index contributed by atoms with van der Waals surface area (Å²) in [6, 6.07) is 4.28. The van der Waals surface area contributed by atoms with Gasteiger partial charge in [0.25, 0.3) is 0 Å². The van der Waals surface area contributed by atoms with Crippen molar-refractivity contribution in [1.82, 2.24) is 0 Å². The summed E-state index contributed by atoms with van der Waals surface area (Å²) in [6.07, 6.45) is 0. The van der Waals surface area contributed by atoms with Crippen LogP contribution in [0.3, 0.4) is 0 Å². The Kier molecular flexibility index (Phi) is 4.51. The minimum atomic E-state index is -1.08. The molecule has 98 valence electrons. The number of ether oxygens (including phenoxy) is 1. The summed E-state index contributed by atoms with van der Waals surface area (Å²) in [4.78, 5) is 22.7. The van der Waals surface area contributed by atoms with E-state index in [-0.39, 0.29) is 23.1 Å². The molecule has 0 atom stereocenters. The summed E-state index contributed by atoms with van der Waals surface area (Å²) in [6.45, 7) is 6.12. The van der Waals surface area contributed by atoms with E-state index in [0.29, 0.717) is 4.47 Å². The molecule has 0 aliphatic carbocycles. The molecule has 4 nitrogen and oxygen atoms in total. The van der Waals surface area contributed by atoms with E-state index in [9.17, 15) is 9.59 Å². The van der Waals surface area contributed by atoms with Crippen molar-refractivity contribution >= 4 is 27.9 Å². The van der Waals surface area contributed by atoms with Gasteiger partial charge in [-0.3, -0.25) is 0 Å². The van der Waals surface area contributed by atoms with E-state index in [0.717, 1.165) is 0 Å². The van der Waals surface area contributed by atoms with Gasteiger partial charge in [0.2, 0.25) is 0 Å². The number of carboxylic acid groups (broad SMARTS) is 1. The molecule has 1 aromatic rings. The predicted molar refractivity (Wildman–Crippen MR) is 70.8 cm³/mol. The molecule has 0 bridgehead atoms. The van der Waals surface area contributed by atoms with E-state index in [2.05, 4.69) is 15.9 Å². The third kappa shape index (κ3) is 4.49. The van der Waals surface area contributed by atoms with Crippen LogP contribution in [0.2, 0.25) is 0 Å². The molecule has 1 N–H and O–H groups in total. The Bertz CT molecular complexity index is 474. The fraction of sp³-hybridized carbons (Fsp3) is 0.385. The normalized spacial score (nSPS) is 11.1. The second-order valence-corrected chi connectivity index (χ2v) is 6.09. The van der Waals surface area contributed by atoms with E-state index in [1.54, 1.807) is 0 Å². The summed E-state index contributed by atoms with van der Waals surface area (Å²) in [5.74, 6) is -1.60. The number of carboxylic acids is 1. The maximum Gasteiger partial charge on any atom is 0.338 e. The third-order valence-corrected chi connectivity index (χ3v) is 2.47. The molecule has 0 unspecified atom stereocenters. The zero-order valence-corrected chi connectivity index (χ0v) is 12.1. The van der Waals surface area contributed by atoms with Crippen LogP contribution in [-0.2, 0) is 4.74 Å². The van der Waals surface area contributed by atoms with Crippen LogP contribution in [0.1, 0.15) is 41.5 Å². The van der Waals surface area contributed by atoms with E-state index >= 15 is 0 Å². The van der Waals surface area contributed by atoms with Crippen molar-refractivity contribution in [3.05, 3.63) is 33.8 Å². The van der Waals surface area contributed by atoms with Crippen molar-refractivity contribution < 1.29 is 19.4 Å². The van der Waals surface area contributed by atoms with Gasteiger partial charge in [0, 0.05) is 4.47 Å². The summed E-state index contributed by atoms with van der Waals surface area (Å²) in [7, 11) is 0. The molecule has 0 radical (unpaired) electrons. The van der Waals surface area contributed by atoms with E-state index in [4.69, 9.17) is 9.84 Å². The van der Waals surface area contributed by atoms with Crippen LogP contribution < -0.4 is 0 Å². The van der Waals surface area contributed by atoms with Gasteiger partial charge in [-0.1, -0.05) is 36.7 Å². The lowest BCUT2D eigenvalue weighted by Crippen LogP contribution is -2.18. The van der Waals surface area contributed by atoms with Gasteiger partial charge < -0.3 is 9.84 Å².